The molecule has 2 aliphatic rings. The zero-order valence-corrected chi connectivity index (χ0v) is 24.2. The molecule has 3 aromatic rings. The number of alkyl carbamates (subject to hydrolysis) is 1. The molecule has 3 N–H and O–H groups in total. The van der Waals surface area contributed by atoms with Crippen LogP contribution in [0.4, 0.5) is 4.79 Å². The van der Waals surface area contributed by atoms with Crippen LogP contribution in [0.2, 0.25) is 0 Å². The van der Waals surface area contributed by atoms with Crippen molar-refractivity contribution in [2.75, 3.05) is 19.7 Å². The van der Waals surface area contributed by atoms with Crippen LogP contribution in [0.3, 0.4) is 0 Å². The Balaban J connectivity index is 1.31. The van der Waals surface area contributed by atoms with Gasteiger partial charge >= 0.3 is 12.1 Å². The van der Waals surface area contributed by atoms with E-state index in [4.69, 9.17) is 4.74 Å². The summed E-state index contributed by atoms with van der Waals surface area (Å²) in [6.45, 7) is 5.67. The van der Waals surface area contributed by atoms with Gasteiger partial charge in [-0.05, 0) is 46.6 Å². The van der Waals surface area contributed by atoms with Crippen molar-refractivity contribution in [1.82, 2.24) is 15.5 Å². The van der Waals surface area contributed by atoms with Gasteiger partial charge in [-0.1, -0.05) is 99.1 Å². The lowest BCUT2D eigenvalue weighted by Gasteiger charge is -2.41. The third-order valence-corrected chi connectivity index (χ3v) is 8.84. The molecule has 2 amide bonds. The first-order chi connectivity index (χ1) is 20.3. The molecule has 0 bridgehead atoms. The lowest BCUT2D eigenvalue weighted by molar-refractivity contribution is -0.145. The van der Waals surface area contributed by atoms with E-state index in [0.717, 1.165) is 28.8 Å². The molecule has 5 rings (SSSR count). The molecular formula is C34H39N3O5. The molecule has 0 aromatic heterocycles. The summed E-state index contributed by atoms with van der Waals surface area (Å²) in [7, 11) is 0. The third-order valence-electron chi connectivity index (χ3n) is 8.84. The van der Waals surface area contributed by atoms with Crippen LogP contribution < -0.4 is 10.6 Å². The van der Waals surface area contributed by atoms with Crippen LogP contribution in [-0.2, 0) is 20.9 Å². The topological polar surface area (TPSA) is 108 Å². The summed E-state index contributed by atoms with van der Waals surface area (Å²) in [6, 6.07) is 25.3. The number of hydrogen-bond acceptors (Lipinski definition) is 5. The molecule has 1 heterocycles. The summed E-state index contributed by atoms with van der Waals surface area (Å²) in [5, 5.41) is 15.5. The van der Waals surface area contributed by atoms with Crippen LogP contribution in [-0.4, -0.2) is 59.3 Å². The number of benzene rings is 3. The summed E-state index contributed by atoms with van der Waals surface area (Å²) in [5.74, 6) is -1.95. The van der Waals surface area contributed by atoms with Crippen molar-refractivity contribution in [1.29, 1.82) is 0 Å². The molecule has 0 radical (unpaired) electrons. The molecule has 1 saturated heterocycles. The summed E-state index contributed by atoms with van der Waals surface area (Å²) < 4.78 is 5.80. The zero-order chi connectivity index (χ0) is 29.7. The van der Waals surface area contributed by atoms with Gasteiger partial charge < -0.3 is 20.5 Å². The molecule has 1 aliphatic heterocycles. The van der Waals surface area contributed by atoms with Gasteiger partial charge in [0.25, 0.3) is 0 Å². The molecule has 0 unspecified atom stereocenters. The van der Waals surface area contributed by atoms with Crippen molar-refractivity contribution in [2.24, 2.45) is 5.92 Å². The predicted octanol–water partition coefficient (Wildman–Crippen LogP) is 5.18. The Morgan fingerprint density at radius 1 is 0.929 bits per heavy atom. The fourth-order valence-electron chi connectivity index (χ4n) is 6.14. The largest absolute Gasteiger partial charge is 0.480 e. The van der Waals surface area contributed by atoms with Gasteiger partial charge in [-0.15, -0.1) is 0 Å². The van der Waals surface area contributed by atoms with Gasteiger partial charge in [-0.2, -0.15) is 0 Å². The van der Waals surface area contributed by atoms with E-state index in [1.165, 1.54) is 5.56 Å². The first-order valence-electron chi connectivity index (χ1n) is 14.7. The summed E-state index contributed by atoms with van der Waals surface area (Å²) in [5.41, 5.74) is 4.36. The minimum atomic E-state index is -1.28. The summed E-state index contributed by atoms with van der Waals surface area (Å²) in [4.78, 5) is 41.4. The van der Waals surface area contributed by atoms with Gasteiger partial charge in [0, 0.05) is 25.6 Å². The fraction of sp³-hybridized carbons (Fsp3) is 0.382. The Hall–Kier alpha value is -4.17. The van der Waals surface area contributed by atoms with Gasteiger partial charge in [-0.3, -0.25) is 9.69 Å². The van der Waals surface area contributed by atoms with Crippen LogP contribution in [0.5, 0.6) is 0 Å². The Bertz CT molecular complexity index is 1370. The Morgan fingerprint density at radius 2 is 1.50 bits per heavy atom. The van der Waals surface area contributed by atoms with Gasteiger partial charge in [0.1, 0.15) is 18.2 Å². The second-order valence-corrected chi connectivity index (χ2v) is 11.5. The third kappa shape index (κ3) is 6.19. The average Bonchev–Trinajstić information content (AvgIpc) is 3.33. The maximum absolute atomic E-state index is 13.8. The maximum Gasteiger partial charge on any atom is 0.408 e. The van der Waals surface area contributed by atoms with Crippen molar-refractivity contribution in [3.8, 4) is 11.1 Å². The fourth-order valence-corrected chi connectivity index (χ4v) is 6.14. The Morgan fingerprint density at radius 3 is 2.07 bits per heavy atom. The summed E-state index contributed by atoms with van der Waals surface area (Å²) >= 11 is 0. The van der Waals surface area contributed by atoms with Crippen molar-refractivity contribution in [3.05, 3.63) is 95.6 Å². The van der Waals surface area contributed by atoms with Crippen molar-refractivity contribution in [3.63, 3.8) is 0 Å². The van der Waals surface area contributed by atoms with Crippen LogP contribution in [0.25, 0.3) is 11.1 Å². The molecule has 1 aliphatic carbocycles. The van der Waals surface area contributed by atoms with E-state index in [9.17, 15) is 19.5 Å². The van der Waals surface area contributed by atoms with E-state index >= 15 is 0 Å². The van der Waals surface area contributed by atoms with E-state index < -0.39 is 29.6 Å². The highest BCUT2D eigenvalue weighted by atomic mass is 16.5. The number of nitrogens with one attached hydrogen (secondary N) is 2. The molecule has 1 fully saturated rings. The smallest absolute Gasteiger partial charge is 0.408 e. The number of piperidine rings is 1. The lowest BCUT2D eigenvalue weighted by Crippen LogP contribution is -2.65. The van der Waals surface area contributed by atoms with E-state index in [1.807, 2.05) is 49.4 Å². The highest BCUT2D eigenvalue weighted by molar-refractivity contribution is 5.93. The zero-order valence-electron chi connectivity index (χ0n) is 24.2. The number of nitrogens with zero attached hydrogens (tertiary/aromatic N) is 1. The molecular weight excluding hydrogens is 530 g/mol. The number of fused-ring (bicyclic) bond motifs is 3. The first-order valence-corrected chi connectivity index (χ1v) is 14.7. The van der Waals surface area contributed by atoms with Crippen molar-refractivity contribution < 1.29 is 24.2 Å². The molecule has 0 spiro atoms. The number of ether oxygens (including phenoxy) is 1. The second kappa shape index (κ2) is 12.8. The number of carboxylic acid groups (broad SMARTS) is 1. The number of carboxylic acids is 1. The SMILES string of the molecule is CC[C@H](C)[C@H](NC(=O)C1(NC(=O)OCC2c3ccccc3-c3ccccc32)CCN(Cc2ccccc2)CC1)C(=O)O. The predicted molar refractivity (Wildman–Crippen MR) is 161 cm³/mol. The minimum Gasteiger partial charge on any atom is -0.480 e. The van der Waals surface area contributed by atoms with Gasteiger partial charge in [0.15, 0.2) is 0 Å². The van der Waals surface area contributed by atoms with E-state index in [2.05, 4.69) is 51.9 Å². The number of likely N-dealkylation sites (tertiary alicyclic amines) is 1. The van der Waals surface area contributed by atoms with Gasteiger partial charge in [0.05, 0.1) is 0 Å². The van der Waals surface area contributed by atoms with Crippen molar-refractivity contribution >= 4 is 18.0 Å². The molecule has 42 heavy (non-hydrogen) atoms. The number of amides is 2. The van der Waals surface area contributed by atoms with Gasteiger partial charge in [0.2, 0.25) is 5.91 Å². The molecule has 220 valence electrons. The number of carbonyl (C=O) groups excluding carboxylic acids is 2. The van der Waals surface area contributed by atoms with Crippen LogP contribution >= 0.6 is 0 Å². The van der Waals surface area contributed by atoms with Crippen LogP contribution in [0.15, 0.2) is 78.9 Å². The monoisotopic (exact) mass is 569 g/mol. The Kier molecular flexibility index (Phi) is 8.92. The Labute approximate surface area is 247 Å². The summed E-state index contributed by atoms with van der Waals surface area (Å²) in [6.07, 6.45) is 0.583. The van der Waals surface area contributed by atoms with E-state index in [1.54, 1.807) is 6.92 Å². The maximum atomic E-state index is 13.8. The molecule has 3 aromatic carbocycles. The number of hydrogen-bond donors (Lipinski definition) is 3. The lowest BCUT2D eigenvalue weighted by atomic mass is 9.85. The average molecular weight is 570 g/mol. The first kappa shape index (κ1) is 29.3. The highest BCUT2D eigenvalue weighted by Crippen LogP contribution is 2.44. The standard InChI is InChI=1S/C34H39N3O5/c1-3-23(2)30(31(38)39)35-32(40)34(17-19-37(20-18-34)21-24-11-5-4-6-12-24)36-33(41)42-22-29-27-15-9-7-13-25(27)26-14-8-10-16-28(26)29/h4-16,23,29-30H,3,17-22H2,1-2H3,(H,35,40)(H,36,41)(H,38,39)/t23-,30-/m0/s1. The number of carbonyl (C=O) groups is 3. The number of rotatable bonds is 10. The van der Waals surface area contributed by atoms with Gasteiger partial charge in [-0.25, -0.2) is 9.59 Å². The number of aliphatic carboxylic acids is 1. The highest BCUT2D eigenvalue weighted by Gasteiger charge is 2.45. The van der Waals surface area contributed by atoms with E-state index in [0.29, 0.717) is 32.4 Å². The molecule has 8 nitrogen and oxygen atoms in total. The van der Waals surface area contributed by atoms with Crippen LogP contribution in [0, 0.1) is 5.92 Å². The van der Waals surface area contributed by atoms with Crippen molar-refractivity contribution in [2.45, 2.75) is 57.2 Å². The normalized spacial score (nSPS) is 17.4. The van der Waals surface area contributed by atoms with E-state index in [-0.39, 0.29) is 18.4 Å². The second-order valence-electron chi connectivity index (χ2n) is 11.5. The molecule has 2 atom stereocenters. The molecule has 0 saturated carbocycles. The minimum absolute atomic E-state index is 0.109. The van der Waals surface area contributed by atoms with Crippen LogP contribution in [0.1, 0.15) is 55.7 Å². The molecule has 8 heteroatoms. The quantitative estimate of drug-likeness (QED) is 0.311.